The first-order valence-electron chi connectivity index (χ1n) is 9.78. The summed E-state index contributed by atoms with van der Waals surface area (Å²) in [4.78, 5) is 12.1. The summed E-state index contributed by atoms with van der Waals surface area (Å²) in [5.41, 5.74) is 1.91. The fourth-order valence-electron chi connectivity index (χ4n) is 3.44. The van der Waals surface area contributed by atoms with Gasteiger partial charge in [-0.1, -0.05) is 0 Å². The highest BCUT2D eigenvalue weighted by molar-refractivity contribution is 9.11. The largest absolute Gasteiger partial charge is 0.491 e. The summed E-state index contributed by atoms with van der Waals surface area (Å²) < 4.78 is 21.7. The van der Waals surface area contributed by atoms with Gasteiger partial charge in [-0.3, -0.25) is 0 Å². The van der Waals surface area contributed by atoms with Crippen LogP contribution < -0.4 is 4.74 Å². The lowest BCUT2D eigenvalue weighted by molar-refractivity contribution is -0.188. The van der Waals surface area contributed by atoms with Crippen LogP contribution in [0, 0.1) is 4.77 Å². The molecule has 1 aliphatic rings. The Kier molecular flexibility index (Phi) is 6.15. The predicted octanol–water partition coefficient (Wildman–Crippen LogP) is 4.57. The molecule has 0 bridgehead atoms. The molecule has 3 aromatic heterocycles. The van der Waals surface area contributed by atoms with E-state index in [-0.39, 0.29) is 6.10 Å². The van der Waals surface area contributed by atoms with Gasteiger partial charge in [-0.2, -0.15) is 5.10 Å². The van der Waals surface area contributed by atoms with Gasteiger partial charge < -0.3 is 19.2 Å². The maximum atomic E-state index is 6.38. The molecular formula is C21H18BrN5O3S2. The lowest BCUT2D eigenvalue weighted by atomic mass is 10.1. The Morgan fingerprint density at radius 1 is 1.25 bits per heavy atom. The van der Waals surface area contributed by atoms with Crippen molar-refractivity contribution in [1.29, 1.82) is 0 Å². The molecule has 1 N–H and O–H groups in total. The molecule has 1 fully saturated rings. The van der Waals surface area contributed by atoms with Crippen LogP contribution in [0.1, 0.15) is 4.88 Å². The zero-order valence-electron chi connectivity index (χ0n) is 16.7. The van der Waals surface area contributed by atoms with E-state index in [4.69, 9.17) is 26.4 Å². The van der Waals surface area contributed by atoms with E-state index in [2.05, 4.69) is 36.0 Å². The van der Waals surface area contributed by atoms with Crippen molar-refractivity contribution in [1.82, 2.24) is 24.7 Å². The normalized spacial score (nSPS) is 20.5. The molecule has 2 unspecified atom stereocenters. The minimum atomic E-state index is -0.929. The highest BCUT2D eigenvalue weighted by atomic mass is 79.9. The number of hydrogen-bond acceptors (Lipinski definition) is 8. The predicted molar refractivity (Wildman–Crippen MR) is 125 cm³/mol. The number of hydrogen-bond donors (Lipinski definition) is 1. The maximum Gasteiger partial charge on any atom is 0.225 e. The summed E-state index contributed by atoms with van der Waals surface area (Å²) >= 11 is 10.2. The number of H-pyrrole nitrogens is 1. The zero-order valence-corrected chi connectivity index (χ0v) is 19.9. The average molecular weight is 532 g/mol. The SMILES string of the molecule is S=c1nccc(-c2ccc(OCC3COC(Cn4cncn4)(c4ccc(Br)s4)O3)cc2)[nH]1. The van der Waals surface area contributed by atoms with Crippen molar-refractivity contribution in [3.05, 3.63) is 74.8 Å². The van der Waals surface area contributed by atoms with E-state index in [1.807, 2.05) is 42.5 Å². The molecule has 4 aromatic rings. The van der Waals surface area contributed by atoms with E-state index in [1.54, 1.807) is 28.5 Å². The van der Waals surface area contributed by atoms with Crippen molar-refractivity contribution >= 4 is 39.5 Å². The topological polar surface area (TPSA) is 87.1 Å². The van der Waals surface area contributed by atoms with Gasteiger partial charge in [0.2, 0.25) is 5.79 Å². The van der Waals surface area contributed by atoms with Crippen LogP contribution >= 0.6 is 39.5 Å². The van der Waals surface area contributed by atoms with E-state index >= 15 is 0 Å². The molecule has 1 aromatic carbocycles. The molecule has 0 saturated carbocycles. The molecule has 164 valence electrons. The Morgan fingerprint density at radius 2 is 2.12 bits per heavy atom. The van der Waals surface area contributed by atoms with Gasteiger partial charge in [-0.15, -0.1) is 11.3 Å². The average Bonchev–Trinajstić information content (AvgIpc) is 3.55. The van der Waals surface area contributed by atoms with E-state index < -0.39 is 5.79 Å². The van der Waals surface area contributed by atoms with Crippen molar-refractivity contribution in [3.63, 3.8) is 0 Å². The summed E-state index contributed by atoms with van der Waals surface area (Å²) in [5, 5.41) is 4.21. The molecule has 0 spiro atoms. The standard InChI is InChI=1S/C21H18BrN5O3S2/c22-19-6-5-18(32-19)21(11-27-13-23-12-25-27)29-10-16(30-21)9-28-15-3-1-14(2-4-15)17-7-8-24-20(31)26-17/h1-8,12-13,16H,9-11H2,(H,24,26,31). The van der Waals surface area contributed by atoms with Crippen LogP contribution in [-0.2, 0) is 21.8 Å². The van der Waals surface area contributed by atoms with Gasteiger partial charge in [-0.25, -0.2) is 14.6 Å². The molecule has 8 nitrogen and oxygen atoms in total. The third-order valence-corrected chi connectivity index (χ3v) is 6.88. The summed E-state index contributed by atoms with van der Waals surface area (Å²) in [6.45, 7) is 1.18. The summed E-state index contributed by atoms with van der Waals surface area (Å²) in [6.07, 6.45) is 4.61. The van der Waals surface area contributed by atoms with Gasteiger partial charge in [0.25, 0.3) is 0 Å². The number of aromatic nitrogens is 5. The molecule has 1 saturated heterocycles. The monoisotopic (exact) mass is 531 g/mol. The number of rotatable bonds is 7. The molecule has 11 heteroatoms. The molecule has 5 rings (SSSR count). The van der Waals surface area contributed by atoms with E-state index in [0.717, 1.165) is 25.7 Å². The molecule has 32 heavy (non-hydrogen) atoms. The molecular weight excluding hydrogens is 514 g/mol. The van der Waals surface area contributed by atoms with Crippen LogP contribution in [-0.4, -0.2) is 44.1 Å². The number of nitrogens with one attached hydrogen (secondary N) is 1. The number of halogens is 1. The van der Waals surface area contributed by atoms with Crippen molar-refractivity contribution in [2.45, 2.75) is 18.4 Å². The third-order valence-electron chi connectivity index (χ3n) is 4.92. The van der Waals surface area contributed by atoms with E-state index in [0.29, 0.717) is 24.5 Å². The lowest BCUT2D eigenvalue weighted by Crippen LogP contribution is -2.33. The fourth-order valence-corrected chi connectivity index (χ4v) is 5.08. The molecule has 4 heterocycles. The Bertz CT molecular complexity index is 1240. The molecule has 0 amide bonds. The molecule has 2 atom stereocenters. The summed E-state index contributed by atoms with van der Waals surface area (Å²) in [5.74, 6) is -0.181. The van der Waals surface area contributed by atoms with Gasteiger partial charge >= 0.3 is 0 Å². The number of benzene rings is 1. The smallest absolute Gasteiger partial charge is 0.225 e. The first-order valence-corrected chi connectivity index (χ1v) is 11.8. The highest BCUT2D eigenvalue weighted by Gasteiger charge is 2.45. The second kappa shape index (κ2) is 9.20. The molecule has 1 aliphatic heterocycles. The zero-order chi connectivity index (χ0) is 22.0. The second-order valence-electron chi connectivity index (χ2n) is 7.12. The fraction of sp³-hybridized carbons (Fsp3) is 0.238. The van der Waals surface area contributed by atoms with Crippen molar-refractivity contribution < 1.29 is 14.2 Å². The molecule has 0 radical (unpaired) electrons. The molecule has 0 aliphatic carbocycles. The lowest BCUT2D eigenvalue weighted by Gasteiger charge is -2.26. The van der Waals surface area contributed by atoms with E-state index in [9.17, 15) is 0 Å². The van der Waals surface area contributed by atoms with Gasteiger partial charge in [0, 0.05) is 11.9 Å². The third kappa shape index (κ3) is 4.66. The van der Waals surface area contributed by atoms with Crippen LogP contribution in [0.15, 0.2) is 65.1 Å². The number of nitrogens with zero attached hydrogens (tertiary/aromatic N) is 4. The van der Waals surface area contributed by atoms with Gasteiger partial charge in [0.05, 0.1) is 15.3 Å². The van der Waals surface area contributed by atoms with Gasteiger partial charge in [0.1, 0.15) is 37.7 Å². The van der Waals surface area contributed by atoms with Crippen LogP contribution in [0.2, 0.25) is 0 Å². The van der Waals surface area contributed by atoms with Crippen molar-refractivity contribution in [3.8, 4) is 17.0 Å². The van der Waals surface area contributed by atoms with Gasteiger partial charge in [-0.05, 0) is 76.2 Å². The Labute approximate surface area is 201 Å². The van der Waals surface area contributed by atoms with E-state index in [1.165, 1.54) is 6.33 Å². The van der Waals surface area contributed by atoms with Crippen molar-refractivity contribution in [2.75, 3.05) is 13.2 Å². The van der Waals surface area contributed by atoms with Crippen LogP contribution in [0.25, 0.3) is 11.3 Å². The minimum Gasteiger partial charge on any atom is -0.491 e. The van der Waals surface area contributed by atoms with Crippen molar-refractivity contribution in [2.24, 2.45) is 0 Å². The van der Waals surface area contributed by atoms with Gasteiger partial charge in [0.15, 0.2) is 4.77 Å². The Hall–Kier alpha value is -2.44. The first-order chi connectivity index (χ1) is 15.6. The van der Waals surface area contributed by atoms with Crippen LogP contribution in [0.3, 0.4) is 0 Å². The minimum absolute atomic E-state index is 0.227. The maximum absolute atomic E-state index is 6.38. The second-order valence-corrected chi connectivity index (χ2v) is 9.97. The summed E-state index contributed by atoms with van der Waals surface area (Å²) in [7, 11) is 0. The Morgan fingerprint density at radius 3 is 2.84 bits per heavy atom. The van der Waals surface area contributed by atoms with Crippen LogP contribution in [0.4, 0.5) is 0 Å². The highest BCUT2D eigenvalue weighted by Crippen LogP contribution is 2.41. The van der Waals surface area contributed by atoms with Crippen LogP contribution in [0.5, 0.6) is 5.75 Å². The number of thiophene rings is 1. The first kappa shape index (κ1) is 21.4. The quantitative estimate of drug-likeness (QED) is 0.349. The number of aromatic amines is 1. The summed E-state index contributed by atoms with van der Waals surface area (Å²) in [6, 6.07) is 13.6. The Balaban J connectivity index is 1.26. The number of ether oxygens (including phenoxy) is 3.